The van der Waals surface area contributed by atoms with E-state index in [0.717, 1.165) is 18.1 Å². The molecule has 0 saturated heterocycles. The molecule has 2 nitrogen and oxygen atoms in total. The Kier molecular flexibility index (Phi) is 7.23. The molecular weight excluding hydrogens is 216 g/mol. The van der Waals surface area contributed by atoms with E-state index in [1.165, 1.54) is 44.2 Å². The van der Waals surface area contributed by atoms with Crippen molar-refractivity contribution in [2.24, 2.45) is 0 Å². The molecule has 0 aromatic carbocycles. The predicted octanol–water partition coefficient (Wildman–Crippen LogP) is 4.48. The van der Waals surface area contributed by atoms with E-state index >= 15 is 0 Å². The van der Waals surface area contributed by atoms with Crippen molar-refractivity contribution in [2.75, 3.05) is 11.9 Å². The van der Waals surface area contributed by atoms with Crippen molar-refractivity contribution >= 4 is 16.5 Å². The number of thiazole rings is 1. The standard InChI is InChI=1S/C13H24N2S/c1-3-5-7-9-12-11-16-13(15-12)14-10-8-6-4-2/h11H,3-10H2,1-2H3,(H,14,15). The minimum absolute atomic E-state index is 1.07. The van der Waals surface area contributed by atoms with Gasteiger partial charge in [-0.15, -0.1) is 11.3 Å². The first-order chi connectivity index (χ1) is 7.86. The van der Waals surface area contributed by atoms with E-state index < -0.39 is 0 Å². The van der Waals surface area contributed by atoms with E-state index in [1.807, 2.05) is 0 Å². The van der Waals surface area contributed by atoms with Crippen LogP contribution >= 0.6 is 11.3 Å². The zero-order valence-electron chi connectivity index (χ0n) is 10.6. The van der Waals surface area contributed by atoms with Gasteiger partial charge in [-0.2, -0.15) is 0 Å². The lowest BCUT2D eigenvalue weighted by atomic mass is 10.2. The fourth-order valence-corrected chi connectivity index (χ4v) is 2.40. The number of nitrogens with zero attached hydrogens (tertiary/aromatic N) is 1. The Morgan fingerprint density at radius 3 is 2.62 bits per heavy atom. The highest BCUT2D eigenvalue weighted by atomic mass is 32.1. The molecule has 0 atom stereocenters. The molecule has 92 valence electrons. The van der Waals surface area contributed by atoms with Crippen molar-refractivity contribution in [2.45, 2.75) is 58.8 Å². The van der Waals surface area contributed by atoms with Gasteiger partial charge in [-0.25, -0.2) is 4.98 Å². The van der Waals surface area contributed by atoms with Gasteiger partial charge in [0.2, 0.25) is 0 Å². The van der Waals surface area contributed by atoms with Crippen LogP contribution in [0.3, 0.4) is 0 Å². The van der Waals surface area contributed by atoms with Crippen LogP contribution in [0.15, 0.2) is 5.38 Å². The van der Waals surface area contributed by atoms with Crippen molar-refractivity contribution in [3.8, 4) is 0 Å². The minimum Gasteiger partial charge on any atom is -0.362 e. The van der Waals surface area contributed by atoms with Crippen LogP contribution in [-0.4, -0.2) is 11.5 Å². The smallest absolute Gasteiger partial charge is 0.182 e. The summed E-state index contributed by atoms with van der Waals surface area (Å²) in [6.07, 6.45) is 8.85. The van der Waals surface area contributed by atoms with Crippen LogP contribution in [-0.2, 0) is 6.42 Å². The third-order valence-electron chi connectivity index (χ3n) is 2.64. The van der Waals surface area contributed by atoms with Crippen LogP contribution in [0.4, 0.5) is 5.13 Å². The van der Waals surface area contributed by atoms with Crippen molar-refractivity contribution in [3.05, 3.63) is 11.1 Å². The second kappa shape index (κ2) is 8.57. The molecular formula is C13H24N2S. The minimum atomic E-state index is 1.07. The number of rotatable bonds is 9. The number of hydrogen-bond acceptors (Lipinski definition) is 3. The van der Waals surface area contributed by atoms with Crippen molar-refractivity contribution in [3.63, 3.8) is 0 Å². The summed E-state index contributed by atoms with van der Waals surface area (Å²) in [5.41, 5.74) is 1.26. The van der Waals surface area contributed by atoms with Gasteiger partial charge in [-0.3, -0.25) is 0 Å². The number of hydrogen-bond donors (Lipinski definition) is 1. The van der Waals surface area contributed by atoms with Gasteiger partial charge in [-0.05, 0) is 19.3 Å². The van der Waals surface area contributed by atoms with E-state index in [9.17, 15) is 0 Å². The summed E-state index contributed by atoms with van der Waals surface area (Å²) in [5.74, 6) is 0. The summed E-state index contributed by atoms with van der Waals surface area (Å²) in [5, 5.41) is 6.69. The van der Waals surface area contributed by atoms with Crippen LogP contribution in [0, 0.1) is 0 Å². The Bertz CT molecular complexity index is 271. The number of aromatic nitrogens is 1. The van der Waals surface area contributed by atoms with Crippen LogP contribution in [0.25, 0.3) is 0 Å². The topological polar surface area (TPSA) is 24.9 Å². The Hall–Kier alpha value is -0.570. The molecule has 1 aromatic heterocycles. The molecule has 1 aromatic rings. The van der Waals surface area contributed by atoms with Gasteiger partial charge in [0.1, 0.15) is 0 Å². The Morgan fingerprint density at radius 2 is 1.88 bits per heavy atom. The van der Waals surface area contributed by atoms with Crippen LogP contribution in [0.1, 0.15) is 58.1 Å². The molecule has 3 heteroatoms. The predicted molar refractivity (Wildman–Crippen MR) is 73.4 cm³/mol. The Labute approximate surface area is 103 Å². The van der Waals surface area contributed by atoms with E-state index in [2.05, 4.69) is 29.5 Å². The highest BCUT2D eigenvalue weighted by Crippen LogP contribution is 2.17. The summed E-state index contributed by atoms with van der Waals surface area (Å²) in [6, 6.07) is 0. The maximum Gasteiger partial charge on any atom is 0.182 e. The number of anilines is 1. The molecule has 1 heterocycles. The summed E-state index contributed by atoms with van der Waals surface area (Å²) in [6.45, 7) is 5.53. The highest BCUT2D eigenvalue weighted by Gasteiger charge is 2.00. The first-order valence-electron chi connectivity index (χ1n) is 6.55. The summed E-state index contributed by atoms with van der Waals surface area (Å²) >= 11 is 1.74. The first-order valence-corrected chi connectivity index (χ1v) is 7.43. The lowest BCUT2D eigenvalue weighted by Gasteiger charge is -2.00. The molecule has 1 N–H and O–H groups in total. The second-order valence-electron chi connectivity index (χ2n) is 4.23. The fraction of sp³-hybridized carbons (Fsp3) is 0.769. The summed E-state index contributed by atoms with van der Waals surface area (Å²) in [4.78, 5) is 4.59. The lowest BCUT2D eigenvalue weighted by Crippen LogP contribution is -2.00. The number of unbranched alkanes of at least 4 members (excludes halogenated alkanes) is 4. The SMILES string of the molecule is CCCCCNc1nc(CCCCC)cs1. The summed E-state index contributed by atoms with van der Waals surface area (Å²) in [7, 11) is 0. The molecule has 0 fully saturated rings. The van der Waals surface area contributed by atoms with Crippen LogP contribution in [0.2, 0.25) is 0 Å². The average Bonchev–Trinajstić information content (AvgIpc) is 2.73. The molecule has 0 aliphatic carbocycles. The van der Waals surface area contributed by atoms with E-state index in [4.69, 9.17) is 0 Å². The van der Waals surface area contributed by atoms with Crippen LogP contribution < -0.4 is 5.32 Å². The molecule has 0 amide bonds. The lowest BCUT2D eigenvalue weighted by molar-refractivity contribution is 0.709. The Balaban J connectivity index is 2.17. The van der Waals surface area contributed by atoms with Crippen molar-refractivity contribution in [1.82, 2.24) is 4.98 Å². The van der Waals surface area contributed by atoms with E-state index in [-0.39, 0.29) is 0 Å². The Morgan fingerprint density at radius 1 is 1.12 bits per heavy atom. The van der Waals surface area contributed by atoms with Gasteiger partial charge in [-0.1, -0.05) is 39.5 Å². The normalized spacial score (nSPS) is 10.6. The molecule has 1 rings (SSSR count). The monoisotopic (exact) mass is 240 g/mol. The third kappa shape index (κ3) is 5.50. The van der Waals surface area contributed by atoms with Gasteiger partial charge in [0.25, 0.3) is 0 Å². The van der Waals surface area contributed by atoms with E-state index in [1.54, 1.807) is 11.3 Å². The van der Waals surface area contributed by atoms with Crippen molar-refractivity contribution < 1.29 is 0 Å². The zero-order valence-corrected chi connectivity index (χ0v) is 11.4. The van der Waals surface area contributed by atoms with Crippen LogP contribution in [0.5, 0.6) is 0 Å². The zero-order chi connectivity index (χ0) is 11.6. The molecule has 0 spiro atoms. The molecule has 0 aliphatic heterocycles. The molecule has 0 saturated carbocycles. The highest BCUT2D eigenvalue weighted by molar-refractivity contribution is 7.13. The third-order valence-corrected chi connectivity index (χ3v) is 3.49. The molecule has 0 aliphatic rings. The molecule has 0 bridgehead atoms. The average molecular weight is 240 g/mol. The van der Waals surface area contributed by atoms with Gasteiger partial charge < -0.3 is 5.32 Å². The van der Waals surface area contributed by atoms with Gasteiger partial charge >= 0.3 is 0 Å². The summed E-state index contributed by atoms with van der Waals surface area (Å²) < 4.78 is 0. The second-order valence-corrected chi connectivity index (χ2v) is 5.09. The maximum absolute atomic E-state index is 4.59. The first kappa shape index (κ1) is 13.5. The fourth-order valence-electron chi connectivity index (χ4n) is 1.63. The molecule has 0 unspecified atom stereocenters. The van der Waals surface area contributed by atoms with Gasteiger partial charge in [0.15, 0.2) is 5.13 Å². The quantitative estimate of drug-likeness (QED) is 0.644. The maximum atomic E-state index is 4.59. The molecule has 0 radical (unpaired) electrons. The van der Waals surface area contributed by atoms with Gasteiger partial charge in [0.05, 0.1) is 5.69 Å². The molecule has 16 heavy (non-hydrogen) atoms. The van der Waals surface area contributed by atoms with E-state index in [0.29, 0.717) is 0 Å². The largest absolute Gasteiger partial charge is 0.362 e. The van der Waals surface area contributed by atoms with Crippen molar-refractivity contribution in [1.29, 1.82) is 0 Å². The number of nitrogens with one attached hydrogen (secondary N) is 1. The number of aryl methyl sites for hydroxylation is 1. The van der Waals surface area contributed by atoms with Gasteiger partial charge in [0, 0.05) is 11.9 Å².